The molecule has 1 aliphatic carbocycles. The number of carbonyl (C=O) groups excluding carboxylic acids is 1. The maximum absolute atomic E-state index is 12.5. The zero-order chi connectivity index (χ0) is 17.6. The molecule has 0 aliphatic heterocycles. The molecule has 0 heterocycles. The van der Waals surface area contributed by atoms with Gasteiger partial charge in [0.1, 0.15) is 0 Å². The smallest absolute Gasteiger partial charge is 0.316 e. The molecule has 130 valence electrons. The van der Waals surface area contributed by atoms with Crippen LogP contribution < -0.4 is 10.6 Å². The van der Waals surface area contributed by atoms with Gasteiger partial charge in [-0.1, -0.05) is 72.3 Å². The first-order chi connectivity index (χ1) is 12.2. The molecule has 3 rings (SSSR count). The third kappa shape index (κ3) is 4.48. The average Bonchev–Trinajstić information content (AvgIpc) is 3.09. The standard InChI is InChI=1S/C21H24N2O2/c1-15-7-10-18(11-8-15)20(17-5-3-2-4-6-17)23-21(25)22-19-12-9-16(13-19)14-24/h2-12,16,19-20,24H,13-14H2,1H3,(H2,22,23,25)/t16-,19+,20?/m0/s1. The van der Waals surface area contributed by atoms with E-state index in [0.717, 1.165) is 17.5 Å². The predicted molar refractivity (Wildman–Crippen MR) is 99.3 cm³/mol. The summed E-state index contributed by atoms with van der Waals surface area (Å²) < 4.78 is 0. The van der Waals surface area contributed by atoms with E-state index in [1.165, 1.54) is 5.56 Å². The normalized spacial score (nSPS) is 20.2. The van der Waals surface area contributed by atoms with E-state index in [4.69, 9.17) is 0 Å². The molecule has 3 N–H and O–H groups in total. The topological polar surface area (TPSA) is 61.4 Å². The van der Waals surface area contributed by atoms with E-state index in [2.05, 4.69) is 22.8 Å². The molecule has 4 heteroatoms. The highest BCUT2D eigenvalue weighted by Crippen LogP contribution is 2.23. The molecule has 1 unspecified atom stereocenters. The van der Waals surface area contributed by atoms with Gasteiger partial charge < -0.3 is 15.7 Å². The molecule has 0 aromatic heterocycles. The van der Waals surface area contributed by atoms with Gasteiger partial charge in [-0.05, 0) is 24.5 Å². The number of aliphatic hydroxyl groups excluding tert-OH is 1. The first kappa shape index (κ1) is 17.2. The molecule has 0 radical (unpaired) electrons. The number of aryl methyl sites for hydroxylation is 1. The zero-order valence-electron chi connectivity index (χ0n) is 14.4. The second kappa shape index (κ2) is 7.99. The molecule has 0 fully saturated rings. The van der Waals surface area contributed by atoms with Crippen molar-refractivity contribution in [1.82, 2.24) is 10.6 Å². The Kier molecular flexibility index (Phi) is 5.51. The Morgan fingerprint density at radius 2 is 1.76 bits per heavy atom. The summed E-state index contributed by atoms with van der Waals surface area (Å²) >= 11 is 0. The van der Waals surface area contributed by atoms with Gasteiger partial charge in [0.15, 0.2) is 0 Å². The fraction of sp³-hybridized carbons (Fsp3) is 0.286. The van der Waals surface area contributed by atoms with Gasteiger partial charge in [-0.25, -0.2) is 4.79 Å². The van der Waals surface area contributed by atoms with Crippen LogP contribution in [0.15, 0.2) is 66.7 Å². The van der Waals surface area contributed by atoms with Crippen molar-refractivity contribution in [2.24, 2.45) is 5.92 Å². The Balaban J connectivity index is 1.73. The van der Waals surface area contributed by atoms with Crippen molar-refractivity contribution in [3.05, 3.63) is 83.4 Å². The fourth-order valence-electron chi connectivity index (χ4n) is 3.12. The number of nitrogens with one attached hydrogen (secondary N) is 2. The Bertz CT molecular complexity index is 725. The first-order valence-electron chi connectivity index (χ1n) is 8.63. The van der Waals surface area contributed by atoms with Crippen LogP contribution in [-0.2, 0) is 0 Å². The van der Waals surface area contributed by atoms with E-state index in [9.17, 15) is 9.90 Å². The number of carbonyl (C=O) groups is 1. The molecule has 3 atom stereocenters. The maximum Gasteiger partial charge on any atom is 0.316 e. The number of rotatable bonds is 5. The summed E-state index contributed by atoms with van der Waals surface area (Å²) in [6.07, 6.45) is 4.65. The van der Waals surface area contributed by atoms with Crippen molar-refractivity contribution >= 4 is 6.03 Å². The number of hydrogen-bond donors (Lipinski definition) is 3. The first-order valence-corrected chi connectivity index (χ1v) is 8.63. The molecule has 2 aromatic carbocycles. The molecule has 0 bridgehead atoms. The summed E-state index contributed by atoms with van der Waals surface area (Å²) in [5.41, 5.74) is 3.27. The van der Waals surface area contributed by atoms with Gasteiger partial charge in [0, 0.05) is 18.6 Å². The summed E-state index contributed by atoms with van der Waals surface area (Å²) in [6.45, 7) is 2.16. The largest absolute Gasteiger partial charge is 0.396 e. The summed E-state index contributed by atoms with van der Waals surface area (Å²) in [5.74, 6) is 0.132. The highest BCUT2D eigenvalue weighted by Gasteiger charge is 2.22. The van der Waals surface area contributed by atoms with Gasteiger partial charge in [0.2, 0.25) is 0 Å². The number of hydrogen-bond acceptors (Lipinski definition) is 2. The van der Waals surface area contributed by atoms with Crippen molar-refractivity contribution in [3.8, 4) is 0 Å². The van der Waals surface area contributed by atoms with Crippen LogP contribution in [0, 0.1) is 12.8 Å². The van der Waals surface area contributed by atoms with Crippen LogP contribution >= 0.6 is 0 Å². The summed E-state index contributed by atoms with van der Waals surface area (Å²) in [5, 5.41) is 15.3. The van der Waals surface area contributed by atoms with E-state index < -0.39 is 0 Å². The van der Waals surface area contributed by atoms with E-state index in [1.807, 2.05) is 61.5 Å². The predicted octanol–water partition coefficient (Wildman–Crippen LogP) is 3.32. The minimum Gasteiger partial charge on any atom is -0.396 e. The molecular weight excluding hydrogens is 312 g/mol. The van der Waals surface area contributed by atoms with E-state index in [0.29, 0.717) is 0 Å². The highest BCUT2D eigenvalue weighted by atomic mass is 16.3. The lowest BCUT2D eigenvalue weighted by Crippen LogP contribution is -2.42. The molecule has 1 aliphatic rings. The second-order valence-corrected chi connectivity index (χ2v) is 6.54. The van der Waals surface area contributed by atoms with Crippen LogP contribution in [0.25, 0.3) is 0 Å². The minimum atomic E-state index is -0.208. The molecule has 2 aromatic rings. The van der Waals surface area contributed by atoms with Gasteiger partial charge in [-0.2, -0.15) is 0 Å². The van der Waals surface area contributed by atoms with Crippen molar-refractivity contribution < 1.29 is 9.90 Å². The van der Waals surface area contributed by atoms with Crippen LogP contribution in [-0.4, -0.2) is 23.8 Å². The Morgan fingerprint density at radius 1 is 1.08 bits per heavy atom. The number of urea groups is 1. The Labute approximate surface area is 148 Å². The average molecular weight is 336 g/mol. The quantitative estimate of drug-likeness (QED) is 0.734. The molecule has 4 nitrogen and oxygen atoms in total. The van der Waals surface area contributed by atoms with Crippen LogP contribution in [0.3, 0.4) is 0 Å². The van der Waals surface area contributed by atoms with Gasteiger partial charge in [-0.3, -0.25) is 0 Å². The third-order valence-corrected chi connectivity index (χ3v) is 4.54. The minimum absolute atomic E-state index is 0.0356. The molecule has 0 saturated carbocycles. The summed E-state index contributed by atoms with van der Waals surface area (Å²) in [7, 11) is 0. The van der Waals surface area contributed by atoms with Gasteiger partial charge in [-0.15, -0.1) is 0 Å². The monoisotopic (exact) mass is 336 g/mol. The lowest BCUT2D eigenvalue weighted by molar-refractivity contribution is 0.230. The summed E-state index contributed by atoms with van der Waals surface area (Å²) in [6, 6.07) is 17.7. The molecule has 25 heavy (non-hydrogen) atoms. The third-order valence-electron chi connectivity index (χ3n) is 4.54. The summed E-state index contributed by atoms with van der Waals surface area (Å²) in [4.78, 5) is 12.5. The lowest BCUT2D eigenvalue weighted by atomic mass is 9.98. The van der Waals surface area contributed by atoms with E-state index in [1.54, 1.807) is 0 Å². The second-order valence-electron chi connectivity index (χ2n) is 6.54. The number of aliphatic hydroxyl groups is 1. The lowest BCUT2D eigenvalue weighted by Gasteiger charge is -2.22. The van der Waals surface area contributed by atoms with Crippen LogP contribution in [0.5, 0.6) is 0 Å². The van der Waals surface area contributed by atoms with E-state index in [-0.39, 0.29) is 30.6 Å². The molecular formula is C21H24N2O2. The SMILES string of the molecule is Cc1ccc(C(NC(=O)N[C@@H]2C=C[C@H](CO)C2)c2ccccc2)cc1. The fourth-order valence-corrected chi connectivity index (χ4v) is 3.12. The zero-order valence-corrected chi connectivity index (χ0v) is 14.4. The van der Waals surface area contributed by atoms with Crippen molar-refractivity contribution in [1.29, 1.82) is 0 Å². The highest BCUT2D eigenvalue weighted by molar-refractivity contribution is 5.75. The molecule has 0 spiro atoms. The number of benzene rings is 2. The van der Waals surface area contributed by atoms with Gasteiger partial charge in [0.05, 0.1) is 6.04 Å². The Hall–Kier alpha value is -2.59. The van der Waals surface area contributed by atoms with Gasteiger partial charge in [0.25, 0.3) is 0 Å². The molecule has 2 amide bonds. The number of amides is 2. The Morgan fingerprint density at radius 3 is 2.40 bits per heavy atom. The van der Waals surface area contributed by atoms with E-state index >= 15 is 0 Å². The van der Waals surface area contributed by atoms with Crippen LogP contribution in [0.2, 0.25) is 0 Å². The van der Waals surface area contributed by atoms with Crippen LogP contribution in [0.1, 0.15) is 29.2 Å². The molecule has 0 saturated heterocycles. The van der Waals surface area contributed by atoms with Crippen molar-refractivity contribution in [2.45, 2.75) is 25.4 Å². The van der Waals surface area contributed by atoms with Gasteiger partial charge >= 0.3 is 6.03 Å². The van der Waals surface area contributed by atoms with Crippen molar-refractivity contribution in [2.75, 3.05) is 6.61 Å². The maximum atomic E-state index is 12.5. The van der Waals surface area contributed by atoms with Crippen LogP contribution in [0.4, 0.5) is 4.79 Å². The van der Waals surface area contributed by atoms with Crippen molar-refractivity contribution in [3.63, 3.8) is 0 Å².